The SMILES string of the molecule is CC1CCN(C(=O)OCc2ccccc2)N1C(=O)N[C@@H](Cc1ccccc1)C(=O)OC(C)(C)C. The predicted octanol–water partition coefficient (Wildman–Crippen LogP) is 4.30. The summed E-state index contributed by atoms with van der Waals surface area (Å²) < 4.78 is 11.0. The van der Waals surface area contributed by atoms with Crippen LogP contribution in [0.3, 0.4) is 0 Å². The highest BCUT2D eigenvalue weighted by molar-refractivity contribution is 5.85. The lowest BCUT2D eigenvalue weighted by molar-refractivity contribution is -0.157. The first kappa shape index (κ1) is 25.1. The van der Waals surface area contributed by atoms with Crippen molar-refractivity contribution in [1.82, 2.24) is 15.3 Å². The van der Waals surface area contributed by atoms with Crippen LogP contribution in [0, 0.1) is 0 Å². The van der Waals surface area contributed by atoms with Crippen LogP contribution < -0.4 is 5.32 Å². The Balaban J connectivity index is 1.71. The van der Waals surface area contributed by atoms with Crippen molar-refractivity contribution in [2.75, 3.05) is 6.54 Å². The van der Waals surface area contributed by atoms with Crippen LogP contribution in [0.4, 0.5) is 9.59 Å². The highest BCUT2D eigenvalue weighted by Gasteiger charge is 2.39. The van der Waals surface area contributed by atoms with E-state index < -0.39 is 29.7 Å². The van der Waals surface area contributed by atoms with Gasteiger partial charge in [0.2, 0.25) is 0 Å². The Labute approximate surface area is 200 Å². The number of amides is 3. The van der Waals surface area contributed by atoms with Crippen LogP contribution in [0.1, 0.15) is 45.2 Å². The summed E-state index contributed by atoms with van der Waals surface area (Å²) in [7, 11) is 0. The zero-order chi connectivity index (χ0) is 24.7. The first-order chi connectivity index (χ1) is 16.1. The second-order valence-corrected chi connectivity index (χ2v) is 9.37. The second kappa shape index (κ2) is 11.0. The second-order valence-electron chi connectivity index (χ2n) is 9.37. The van der Waals surface area contributed by atoms with E-state index in [-0.39, 0.29) is 19.1 Å². The Kier molecular flexibility index (Phi) is 8.15. The Morgan fingerprint density at radius 3 is 2.18 bits per heavy atom. The van der Waals surface area contributed by atoms with Gasteiger partial charge in [-0.05, 0) is 45.2 Å². The minimum absolute atomic E-state index is 0.106. The molecule has 1 N–H and O–H groups in total. The fourth-order valence-corrected chi connectivity index (χ4v) is 3.69. The third-order valence-corrected chi connectivity index (χ3v) is 5.33. The molecule has 1 aliphatic rings. The van der Waals surface area contributed by atoms with E-state index >= 15 is 0 Å². The lowest BCUT2D eigenvalue weighted by Crippen LogP contribution is -2.56. The van der Waals surface area contributed by atoms with E-state index in [1.165, 1.54) is 10.0 Å². The maximum Gasteiger partial charge on any atom is 0.429 e. The molecule has 0 aliphatic carbocycles. The van der Waals surface area contributed by atoms with E-state index in [4.69, 9.17) is 9.47 Å². The summed E-state index contributed by atoms with van der Waals surface area (Å²) in [5, 5.41) is 5.40. The molecule has 0 spiro atoms. The normalized spacial score (nSPS) is 16.6. The van der Waals surface area contributed by atoms with E-state index in [1.54, 1.807) is 20.8 Å². The molecule has 0 saturated carbocycles. The average molecular weight is 468 g/mol. The van der Waals surface area contributed by atoms with Gasteiger partial charge in [0.1, 0.15) is 18.2 Å². The van der Waals surface area contributed by atoms with E-state index in [0.29, 0.717) is 13.0 Å². The summed E-state index contributed by atoms with van der Waals surface area (Å²) in [6.45, 7) is 7.63. The minimum Gasteiger partial charge on any atom is -0.458 e. The summed E-state index contributed by atoms with van der Waals surface area (Å²) in [6.07, 6.45) is 0.256. The summed E-state index contributed by atoms with van der Waals surface area (Å²) >= 11 is 0. The van der Waals surface area contributed by atoms with Gasteiger partial charge in [-0.15, -0.1) is 0 Å². The van der Waals surface area contributed by atoms with Gasteiger partial charge in [-0.2, -0.15) is 0 Å². The van der Waals surface area contributed by atoms with Crippen molar-refractivity contribution in [2.45, 2.75) is 64.8 Å². The molecule has 1 saturated heterocycles. The molecule has 1 fully saturated rings. The number of ether oxygens (including phenoxy) is 2. The monoisotopic (exact) mass is 467 g/mol. The first-order valence-electron chi connectivity index (χ1n) is 11.5. The smallest absolute Gasteiger partial charge is 0.429 e. The van der Waals surface area contributed by atoms with Crippen molar-refractivity contribution in [2.24, 2.45) is 0 Å². The maximum atomic E-state index is 13.3. The van der Waals surface area contributed by atoms with E-state index in [9.17, 15) is 14.4 Å². The van der Waals surface area contributed by atoms with Gasteiger partial charge in [0.25, 0.3) is 0 Å². The van der Waals surface area contributed by atoms with E-state index in [1.807, 2.05) is 67.6 Å². The molecule has 1 aliphatic heterocycles. The van der Waals surface area contributed by atoms with E-state index in [2.05, 4.69) is 5.32 Å². The minimum atomic E-state index is -0.913. The topological polar surface area (TPSA) is 88.2 Å². The summed E-state index contributed by atoms with van der Waals surface area (Å²) in [6, 6.07) is 17.0. The molecule has 8 heteroatoms. The fourth-order valence-electron chi connectivity index (χ4n) is 3.69. The number of nitrogens with one attached hydrogen (secondary N) is 1. The molecule has 0 radical (unpaired) electrons. The highest BCUT2D eigenvalue weighted by atomic mass is 16.6. The van der Waals surface area contributed by atoms with Crippen molar-refractivity contribution in [1.29, 1.82) is 0 Å². The van der Waals surface area contributed by atoms with Crippen LogP contribution in [-0.2, 0) is 27.3 Å². The zero-order valence-corrected chi connectivity index (χ0v) is 20.2. The number of hydrogen-bond acceptors (Lipinski definition) is 5. The molecule has 2 aromatic carbocycles. The number of hydrogen-bond donors (Lipinski definition) is 1. The van der Waals surface area contributed by atoms with Gasteiger partial charge in [0.05, 0.1) is 6.04 Å². The number of nitrogens with zero attached hydrogens (tertiary/aromatic N) is 2. The summed E-state index contributed by atoms with van der Waals surface area (Å²) in [5.41, 5.74) is 1.03. The van der Waals surface area contributed by atoms with Gasteiger partial charge in [0, 0.05) is 13.0 Å². The van der Waals surface area contributed by atoms with Crippen LogP contribution in [0.25, 0.3) is 0 Å². The molecule has 2 atom stereocenters. The van der Waals surface area contributed by atoms with Crippen LogP contribution in [-0.4, -0.2) is 52.3 Å². The lowest BCUT2D eigenvalue weighted by Gasteiger charge is -2.32. The van der Waals surface area contributed by atoms with Gasteiger partial charge in [-0.1, -0.05) is 60.7 Å². The molecule has 3 amide bonds. The fraction of sp³-hybridized carbons (Fsp3) is 0.423. The van der Waals surface area contributed by atoms with Gasteiger partial charge in [-0.3, -0.25) is 0 Å². The Bertz CT molecular complexity index is 975. The number of hydrazine groups is 1. The van der Waals surface area contributed by atoms with E-state index in [0.717, 1.165) is 11.1 Å². The number of carbonyl (C=O) groups is 3. The number of rotatable bonds is 6. The molecule has 0 aromatic heterocycles. The van der Waals surface area contributed by atoms with Gasteiger partial charge in [0.15, 0.2) is 0 Å². The Morgan fingerprint density at radius 1 is 1.00 bits per heavy atom. The Hall–Kier alpha value is -3.55. The summed E-state index contributed by atoms with van der Waals surface area (Å²) in [4.78, 5) is 39.0. The first-order valence-corrected chi connectivity index (χ1v) is 11.5. The van der Waals surface area contributed by atoms with Crippen LogP contribution in [0.5, 0.6) is 0 Å². The molecule has 182 valence electrons. The van der Waals surface area contributed by atoms with Crippen molar-refractivity contribution in [3.05, 3.63) is 71.8 Å². The third-order valence-electron chi connectivity index (χ3n) is 5.33. The zero-order valence-electron chi connectivity index (χ0n) is 20.2. The van der Waals surface area contributed by atoms with Crippen LogP contribution in [0.15, 0.2) is 60.7 Å². The van der Waals surface area contributed by atoms with Crippen molar-refractivity contribution in [3.8, 4) is 0 Å². The molecule has 8 nitrogen and oxygen atoms in total. The van der Waals surface area contributed by atoms with Crippen LogP contribution >= 0.6 is 0 Å². The molecular weight excluding hydrogens is 434 g/mol. The van der Waals surface area contributed by atoms with Gasteiger partial charge >= 0.3 is 18.1 Å². The molecule has 2 aromatic rings. The van der Waals surface area contributed by atoms with Gasteiger partial charge in [-0.25, -0.2) is 24.4 Å². The van der Waals surface area contributed by atoms with Crippen molar-refractivity contribution < 1.29 is 23.9 Å². The Morgan fingerprint density at radius 2 is 1.59 bits per heavy atom. The molecule has 1 heterocycles. The van der Waals surface area contributed by atoms with Gasteiger partial charge < -0.3 is 14.8 Å². The third kappa shape index (κ3) is 6.97. The maximum absolute atomic E-state index is 13.3. The molecule has 0 bridgehead atoms. The van der Waals surface area contributed by atoms with Crippen molar-refractivity contribution in [3.63, 3.8) is 0 Å². The van der Waals surface area contributed by atoms with Crippen molar-refractivity contribution >= 4 is 18.1 Å². The number of carbonyl (C=O) groups excluding carboxylic acids is 3. The molecule has 1 unspecified atom stereocenters. The largest absolute Gasteiger partial charge is 0.458 e. The predicted molar refractivity (Wildman–Crippen MR) is 128 cm³/mol. The number of urea groups is 1. The molecule has 3 rings (SSSR count). The van der Waals surface area contributed by atoms with Crippen LogP contribution in [0.2, 0.25) is 0 Å². The quantitative estimate of drug-likeness (QED) is 0.640. The standard InChI is InChI=1S/C26H33N3O5/c1-19-15-16-28(25(32)33-18-21-13-9-6-10-14-21)29(19)24(31)27-22(23(30)34-26(2,3)4)17-20-11-7-5-8-12-20/h5-14,19,22H,15-18H2,1-4H3,(H,27,31)/t19?,22-/m0/s1. The number of benzene rings is 2. The molecule has 34 heavy (non-hydrogen) atoms. The summed E-state index contributed by atoms with van der Waals surface area (Å²) in [5.74, 6) is -0.533. The highest BCUT2D eigenvalue weighted by Crippen LogP contribution is 2.21. The number of esters is 1. The molecular formula is C26H33N3O5. The lowest BCUT2D eigenvalue weighted by atomic mass is 10.1. The average Bonchev–Trinajstić information content (AvgIpc) is 3.19.